The lowest BCUT2D eigenvalue weighted by atomic mass is 10.1. The van der Waals surface area contributed by atoms with E-state index in [2.05, 4.69) is 15.3 Å². The summed E-state index contributed by atoms with van der Waals surface area (Å²) in [4.78, 5) is 44.8. The summed E-state index contributed by atoms with van der Waals surface area (Å²) in [6.07, 6.45) is -1.10. The smallest absolute Gasteiger partial charge is 0.339 e. The van der Waals surface area contributed by atoms with Gasteiger partial charge in [-0.05, 0) is 37.3 Å². The Kier molecular flexibility index (Phi) is 6.17. The number of amides is 1. The average Bonchev–Trinajstić information content (AvgIpc) is 3.28. The zero-order valence-electron chi connectivity index (χ0n) is 18.0. The van der Waals surface area contributed by atoms with Crippen molar-refractivity contribution in [2.24, 2.45) is 0 Å². The summed E-state index contributed by atoms with van der Waals surface area (Å²) < 4.78 is 10.1. The third-order valence-corrected chi connectivity index (χ3v) is 5.01. The molecule has 4 aromatic rings. The Balaban J connectivity index is 1.46. The SMILES string of the molecule is COC(=O)c1ccccc1NC(=O)C(C)OC(=O)c1ccc2nc(-c3ccccc3)[nH]c2c1. The van der Waals surface area contributed by atoms with Gasteiger partial charge < -0.3 is 19.8 Å². The highest BCUT2D eigenvalue weighted by Gasteiger charge is 2.22. The number of esters is 2. The predicted octanol–water partition coefficient (Wildman–Crippen LogP) is 4.20. The molecule has 8 heteroatoms. The van der Waals surface area contributed by atoms with Crippen molar-refractivity contribution >= 4 is 34.6 Å². The lowest BCUT2D eigenvalue weighted by molar-refractivity contribution is -0.123. The first-order chi connectivity index (χ1) is 16.0. The van der Waals surface area contributed by atoms with E-state index >= 15 is 0 Å². The number of hydrogen-bond acceptors (Lipinski definition) is 6. The molecule has 1 atom stereocenters. The molecule has 1 aromatic heterocycles. The molecule has 0 fully saturated rings. The van der Waals surface area contributed by atoms with Crippen LogP contribution in [-0.4, -0.2) is 41.0 Å². The van der Waals surface area contributed by atoms with Crippen LogP contribution < -0.4 is 5.32 Å². The zero-order chi connectivity index (χ0) is 23.4. The summed E-state index contributed by atoms with van der Waals surface area (Å²) in [6.45, 7) is 1.45. The van der Waals surface area contributed by atoms with E-state index in [9.17, 15) is 14.4 Å². The Morgan fingerprint density at radius 3 is 2.42 bits per heavy atom. The number of anilines is 1. The van der Waals surface area contributed by atoms with Gasteiger partial charge in [0.1, 0.15) is 5.82 Å². The van der Waals surface area contributed by atoms with Crippen LogP contribution in [0, 0.1) is 0 Å². The van der Waals surface area contributed by atoms with Gasteiger partial charge in [0.25, 0.3) is 5.91 Å². The standard InChI is InChI=1S/C25H21N3O5/c1-15(23(29)28-19-11-7-6-10-18(19)25(31)32-2)33-24(30)17-12-13-20-21(14-17)27-22(26-20)16-8-4-3-5-9-16/h3-15H,1-2H3,(H,26,27)(H,28,29). The molecule has 1 unspecified atom stereocenters. The molecule has 0 bridgehead atoms. The molecule has 4 rings (SSSR count). The zero-order valence-corrected chi connectivity index (χ0v) is 18.0. The monoisotopic (exact) mass is 443 g/mol. The van der Waals surface area contributed by atoms with Gasteiger partial charge in [0.05, 0.1) is 35.0 Å². The summed E-state index contributed by atoms with van der Waals surface area (Å²) in [5.74, 6) is -1.13. The second kappa shape index (κ2) is 9.35. The molecule has 0 aliphatic carbocycles. The van der Waals surface area contributed by atoms with E-state index in [1.165, 1.54) is 20.1 Å². The number of aromatic amines is 1. The topological polar surface area (TPSA) is 110 Å². The normalized spacial score (nSPS) is 11.6. The Hall–Kier alpha value is -4.46. The van der Waals surface area contributed by atoms with Gasteiger partial charge in [-0.1, -0.05) is 42.5 Å². The van der Waals surface area contributed by atoms with Crippen molar-refractivity contribution in [1.82, 2.24) is 9.97 Å². The Morgan fingerprint density at radius 1 is 0.939 bits per heavy atom. The molecule has 3 aromatic carbocycles. The van der Waals surface area contributed by atoms with Crippen LogP contribution in [0.5, 0.6) is 0 Å². The summed E-state index contributed by atoms with van der Waals surface area (Å²) in [5.41, 5.74) is 3.05. The van der Waals surface area contributed by atoms with Crippen LogP contribution in [0.25, 0.3) is 22.4 Å². The number of ether oxygens (including phenoxy) is 2. The number of fused-ring (bicyclic) bond motifs is 1. The fourth-order valence-corrected chi connectivity index (χ4v) is 3.27. The second-order valence-corrected chi connectivity index (χ2v) is 7.26. The van der Waals surface area contributed by atoms with Crippen LogP contribution in [0.1, 0.15) is 27.6 Å². The summed E-state index contributed by atoms with van der Waals surface area (Å²) in [7, 11) is 1.25. The van der Waals surface area contributed by atoms with Crippen LogP contribution >= 0.6 is 0 Å². The van der Waals surface area contributed by atoms with Crippen LogP contribution in [0.15, 0.2) is 72.8 Å². The average molecular weight is 443 g/mol. The molecule has 33 heavy (non-hydrogen) atoms. The van der Waals surface area contributed by atoms with Crippen molar-refractivity contribution in [3.63, 3.8) is 0 Å². The lowest BCUT2D eigenvalue weighted by Gasteiger charge is -2.15. The molecular formula is C25H21N3O5. The third kappa shape index (κ3) is 4.74. The van der Waals surface area contributed by atoms with E-state index in [-0.39, 0.29) is 16.8 Å². The van der Waals surface area contributed by atoms with E-state index in [0.717, 1.165) is 5.56 Å². The Morgan fingerprint density at radius 2 is 1.67 bits per heavy atom. The number of rotatable bonds is 6. The molecule has 2 N–H and O–H groups in total. The van der Waals surface area contributed by atoms with Crippen LogP contribution in [-0.2, 0) is 14.3 Å². The van der Waals surface area contributed by atoms with E-state index < -0.39 is 23.9 Å². The number of para-hydroxylation sites is 1. The van der Waals surface area contributed by atoms with Gasteiger partial charge in [0.2, 0.25) is 0 Å². The van der Waals surface area contributed by atoms with E-state index in [1.807, 2.05) is 30.3 Å². The minimum Gasteiger partial charge on any atom is -0.465 e. The molecule has 0 saturated carbocycles. The fraction of sp³-hybridized carbons (Fsp3) is 0.120. The van der Waals surface area contributed by atoms with Gasteiger partial charge in [0.15, 0.2) is 6.10 Å². The van der Waals surface area contributed by atoms with Crippen molar-refractivity contribution in [3.8, 4) is 11.4 Å². The second-order valence-electron chi connectivity index (χ2n) is 7.26. The molecule has 0 aliphatic heterocycles. The number of aromatic nitrogens is 2. The Labute approximate surface area is 189 Å². The first kappa shape index (κ1) is 21.8. The van der Waals surface area contributed by atoms with E-state index in [4.69, 9.17) is 9.47 Å². The molecule has 0 saturated heterocycles. The molecule has 8 nitrogen and oxygen atoms in total. The maximum Gasteiger partial charge on any atom is 0.339 e. The minimum absolute atomic E-state index is 0.200. The van der Waals surface area contributed by atoms with Crippen molar-refractivity contribution < 1.29 is 23.9 Å². The van der Waals surface area contributed by atoms with Gasteiger partial charge in [0, 0.05) is 5.56 Å². The fourth-order valence-electron chi connectivity index (χ4n) is 3.27. The maximum absolute atomic E-state index is 12.6. The molecule has 0 radical (unpaired) electrons. The van der Waals surface area contributed by atoms with Crippen LogP contribution in [0.2, 0.25) is 0 Å². The van der Waals surface area contributed by atoms with E-state index in [0.29, 0.717) is 16.9 Å². The summed E-state index contributed by atoms with van der Waals surface area (Å²) in [5, 5.41) is 2.60. The number of methoxy groups -OCH3 is 1. The van der Waals surface area contributed by atoms with Crippen molar-refractivity contribution in [2.75, 3.05) is 12.4 Å². The highest BCUT2D eigenvalue weighted by atomic mass is 16.5. The molecular weight excluding hydrogens is 422 g/mol. The largest absolute Gasteiger partial charge is 0.465 e. The van der Waals surface area contributed by atoms with Crippen molar-refractivity contribution in [3.05, 3.63) is 83.9 Å². The number of hydrogen-bond donors (Lipinski definition) is 2. The number of carbonyl (C=O) groups is 3. The van der Waals surface area contributed by atoms with Gasteiger partial charge in [-0.25, -0.2) is 14.6 Å². The Bertz CT molecular complexity index is 1330. The van der Waals surface area contributed by atoms with Gasteiger partial charge in [-0.2, -0.15) is 0 Å². The molecule has 0 spiro atoms. The highest BCUT2D eigenvalue weighted by molar-refractivity contribution is 6.03. The summed E-state index contributed by atoms with van der Waals surface area (Å²) >= 11 is 0. The lowest BCUT2D eigenvalue weighted by Crippen LogP contribution is -2.30. The molecule has 166 valence electrons. The quantitative estimate of drug-likeness (QED) is 0.432. The molecule has 1 heterocycles. The molecule has 1 amide bonds. The van der Waals surface area contributed by atoms with Crippen molar-refractivity contribution in [2.45, 2.75) is 13.0 Å². The number of imidazole rings is 1. The van der Waals surface area contributed by atoms with Crippen LogP contribution in [0.4, 0.5) is 5.69 Å². The van der Waals surface area contributed by atoms with Gasteiger partial charge in [-0.15, -0.1) is 0 Å². The summed E-state index contributed by atoms with van der Waals surface area (Å²) in [6, 6.07) is 21.0. The molecule has 0 aliphatic rings. The number of H-pyrrole nitrogens is 1. The predicted molar refractivity (Wildman–Crippen MR) is 123 cm³/mol. The van der Waals surface area contributed by atoms with Gasteiger partial charge >= 0.3 is 11.9 Å². The third-order valence-electron chi connectivity index (χ3n) is 5.01. The first-order valence-corrected chi connectivity index (χ1v) is 10.2. The first-order valence-electron chi connectivity index (χ1n) is 10.2. The van der Waals surface area contributed by atoms with Crippen LogP contribution in [0.3, 0.4) is 0 Å². The highest BCUT2D eigenvalue weighted by Crippen LogP contribution is 2.22. The number of carbonyl (C=O) groups excluding carboxylic acids is 3. The number of benzene rings is 3. The van der Waals surface area contributed by atoms with Crippen molar-refractivity contribution in [1.29, 1.82) is 0 Å². The van der Waals surface area contributed by atoms with E-state index in [1.54, 1.807) is 36.4 Å². The van der Waals surface area contributed by atoms with Gasteiger partial charge in [-0.3, -0.25) is 4.79 Å². The maximum atomic E-state index is 12.6. The minimum atomic E-state index is -1.10. The number of nitrogens with one attached hydrogen (secondary N) is 2. The number of nitrogens with zero attached hydrogens (tertiary/aromatic N) is 1.